The fraction of sp³-hybridized carbons (Fsp3) is 0.647. The van der Waals surface area contributed by atoms with Gasteiger partial charge in [0.05, 0.1) is 6.61 Å². The highest BCUT2D eigenvalue weighted by atomic mass is 16.5. The number of hydrogen-bond acceptors (Lipinski definition) is 3. The van der Waals surface area contributed by atoms with E-state index in [-0.39, 0.29) is 0 Å². The lowest BCUT2D eigenvalue weighted by Gasteiger charge is -2.13. The van der Waals surface area contributed by atoms with E-state index in [1.807, 2.05) is 24.3 Å². The Morgan fingerprint density at radius 3 is 2.35 bits per heavy atom. The molecule has 1 saturated carbocycles. The molecule has 112 valence electrons. The smallest absolute Gasteiger partial charge is 0.161 e. The van der Waals surface area contributed by atoms with Gasteiger partial charge in [-0.3, -0.25) is 0 Å². The first kappa shape index (κ1) is 15.2. The van der Waals surface area contributed by atoms with E-state index in [1.165, 1.54) is 25.7 Å². The van der Waals surface area contributed by atoms with Crippen LogP contribution in [0.5, 0.6) is 11.5 Å². The summed E-state index contributed by atoms with van der Waals surface area (Å²) in [5, 5.41) is 3.49. The number of rotatable bonds is 9. The lowest BCUT2D eigenvalue weighted by molar-refractivity contribution is 0.266. The molecular formula is C17H27NO2. The van der Waals surface area contributed by atoms with E-state index in [2.05, 4.69) is 12.2 Å². The zero-order valence-electron chi connectivity index (χ0n) is 12.6. The van der Waals surface area contributed by atoms with Crippen LogP contribution in [0.4, 0.5) is 0 Å². The predicted molar refractivity (Wildman–Crippen MR) is 82.6 cm³/mol. The van der Waals surface area contributed by atoms with Gasteiger partial charge in [-0.2, -0.15) is 0 Å². The Labute approximate surface area is 122 Å². The summed E-state index contributed by atoms with van der Waals surface area (Å²) in [6.45, 7) is 5.58. The molecule has 1 aromatic carbocycles. The zero-order chi connectivity index (χ0) is 14.0. The van der Waals surface area contributed by atoms with Crippen molar-refractivity contribution >= 4 is 0 Å². The molecule has 1 fully saturated rings. The van der Waals surface area contributed by atoms with Gasteiger partial charge in [0.15, 0.2) is 11.5 Å². The lowest BCUT2D eigenvalue weighted by Crippen LogP contribution is -2.26. The van der Waals surface area contributed by atoms with Gasteiger partial charge in [-0.1, -0.05) is 31.9 Å². The van der Waals surface area contributed by atoms with E-state index in [4.69, 9.17) is 9.47 Å². The minimum atomic E-state index is 0.694. The fourth-order valence-electron chi connectivity index (χ4n) is 2.65. The van der Waals surface area contributed by atoms with E-state index in [9.17, 15) is 0 Å². The normalized spacial score (nSPS) is 15.4. The number of nitrogens with one attached hydrogen (secondary N) is 1. The Morgan fingerprint density at radius 2 is 1.70 bits per heavy atom. The molecule has 0 spiro atoms. The summed E-state index contributed by atoms with van der Waals surface area (Å²) < 4.78 is 11.5. The zero-order valence-corrected chi connectivity index (χ0v) is 12.6. The number of ether oxygens (including phenoxy) is 2. The van der Waals surface area contributed by atoms with E-state index in [1.54, 1.807) is 0 Å². The third kappa shape index (κ3) is 5.04. The Morgan fingerprint density at radius 1 is 1.05 bits per heavy atom. The quantitative estimate of drug-likeness (QED) is 0.699. The van der Waals surface area contributed by atoms with Crippen LogP contribution in [0.3, 0.4) is 0 Å². The molecule has 0 radical (unpaired) electrons. The van der Waals surface area contributed by atoms with Crippen LogP contribution >= 0.6 is 0 Å². The Balaban J connectivity index is 1.65. The number of hydrogen-bond donors (Lipinski definition) is 1. The van der Waals surface area contributed by atoms with Gasteiger partial charge in [0, 0.05) is 6.54 Å². The molecule has 0 aromatic heterocycles. The van der Waals surface area contributed by atoms with Crippen molar-refractivity contribution in [3.8, 4) is 11.5 Å². The van der Waals surface area contributed by atoms with Gasteiger partial charge >= 0.3 is 0 Å². The lowest BCUT2D eigenvalue weighted by atomic mass is 10.1. The van der Waals surface area contributed by atoms with Crippen molar-refractivity contribution in [2.75, 3.05) is 26.3 Å². The summed E-state index contributed by atoms with van der Waals surface area (Å²) in [4.78, 5) is 0. The molecule has 20 heavy (non-hydrogen) atoms. The Hall–Kier alpha value is -1.22. The molecule has 3 nitrogen and oxygen atoms in total. The molecule has 1 aliphatic carbocycles. The maximum atomic E-state index is 5.81. The van der Waals surface area contributed by atoms with Gasteiger partial charge < -0.3 is 14.8 Å². The standard InChI is InChI=1S/C17H27NO2/c1-2-12-19-16-9-5-6-10-17(16)20-13-11-18-14-15-7-3-4-8-15/h5-6,9-10,15,18H,2-4,7-8,11-14H2,1H3. The van der Waals surface area contributed by atoms with Gasteiger partial charge in [-0.25, -0.2) is 0 Å². The monoisotopic (exact) mass is 277 g/mol. The molecule has 1 aromatic rings. The molecule has 3 heteroatoms. The summed E-state index contributed by atoms with van der Waals surface area (Å²) in [6.07, 6.45) is 6.61. The highest BCUT2D eigenvalue weighted by Gasteiger charge is 2.13. The summed E-state index contributed by atoms with van der Waals surface area (Å²) in [5.41, 5.74) is 0. The van der Waals surface area contributed by atoms with Crippen LogP contribution in [0.15, 0.2) is 24.3 Å². The molecule has 0 bridgehead atoms. The van der Waals surface area contributed by atoms with E-state index >= 15 is 0 Å². The predicted octanol–water partition coefficient (Wildman–Crippen LogP) is 3.63. The summed E-state index contributed by atoms with van der Waals surface area (Å²) >= 11 is 0. The first-order chi connectivity index (χ1) is 9.90. The Bertz CT molecular complexity index is 375. The number of para-hydroxylation sites is 2. The molecule has 0 amide bonds. The molecule has 1 aliphatic rings. The van der Waals surface area contributed by atoms with Gasteiger partial charge in [0.2, 0.25) is 0 Å². The van der Waals surface area contributed by atoms with Crippen molar-refractivity contribution in [3.05, 3.63) is 24.3 Å². The van der Waals surface area contributed by atoms with Gasteiger partial charge in [0.1, 0.15) is 6.61 Å². The average molecular weight is 277 g/mol. The summed E-state index contributed by atoms with van der Waals surface area (Å²) in [5.74, 6) is 2.59. The molecule has 0 aliphatic heterocycles. The maximum Gasteiger partial charge on any atom is 0.161 e. The summed E-state index contributed by atoms with van der Waals surface area (Å²) in [6, 6.07) is 7.91. The average Bonchev–Trinajstić information content (AvgIpc) is 2.99. The van der Waals surface area contributed by atoms with Gasteiger partial charge in [-0.15, -0.1) is 0 Å². The highest BCUT2D eigenvalue weighted by Crippen LogP contribution is 2.26. The minimum Gasteiger partial charge on any atom is -0.490 e. The molecule has 0 atom stereocenters. The molecule has 0 heterocycles. The summed E-state index contributed by atoms with van der Waals surface area (Å²) in [7, 11) is 0. The highest BCUT2D eigenvalue weighted by molar-refractivity contribution is 5.39. The third-order valence-electron chi connectivity index (χ3n) is 3.76. The molecule has 1 N–H and O–H groups in total. The topological polar surface area (TPSA) is 30.5 Å². The van der Waals surface area contributed by atoms with Crippen LogP contribution in [0, 0.1) is 5.92 Å². The van der Waals surface area contributed by atoms with Crippen LogP contribution in [-0.4, -0.2) is 26.3 Å². The van der Waals surface area contributed by atoms with E-state index in [0.29, 0.717) is 6.61 Å². The molecule has 2 rings (SSSR count). The second-order valence-electron chi connectivity index (χ2n) is 5.50. The van der Waals surface area contributed by atoms with Gasteiger partial charge in [-0.05, 0) is 43.9 Å². The molecule has 0 unspecified atom stereocenters. The first-order valence-electron chi connectivity index (χ1n) is 7.95. The van der Waals surface area contributed by atoms with Gasteiger partial charge in [0.25, 0.3) is 0 Å². The van der Waals surface area contributed by atoms with Crippen LogP contribution in [0.1, 0.15) is 39.0 Å². The van der Waals surface area contributed by atoms with Crippen LogP contribution < -0.4 is 14.8 Å². The fourth-order valence-corrected chi connectivity index (χ4v) is 2.65. The van der Waals surface area contributed by atoms with Crippen molar-refractivity contribution in [2.45, 2.75) is 39.0 Å². The van der Waals surface area contributed by atoms with Crippen molar-refractivity contribution in [1.82, 2.24) is 5.32 Å². The van der Waals surface area contributed by atoms with Crippen molar-refractivity contribution in [2.24, 2.45) is 5.92 Å². The minimum absolute atomic E-state index is 0.694. The Kier molecular flexibility index (Phi) is 6.72. The van der Waals surface area contributed by atoms with Crippen LogP contribution in [-0.2, 0) is 0 Å². The van der Waals surface area contributed by atoms with E-state index < -0.39 is 0 Å². The second kappa shape index (κ2) is 8.85. The SMILES string of the molecule is CCCOc1ccccc1OCCNCC1CCCC1. The van der Waals surface area contributed by atoms with Crippen molar-refractivity contribution in [1.29, 1.82) is 0 Å². The van der Waals surface area contributed by atoms with Crippen LogP contribution in [0.2, 0.25) is 0 Å². The van der Waals surface area contributed by atoms with E-state index in [0.717, 1.165) is 43.5 Å². The molecule has 0 saturated heterocycles. The second-order valence-corrected chi connectivity index (χ2v) is 5.50. The first-order valence-corrected chi connectivity index (χ1v) is 7.95. The van der Waals surface area contributed by atoms with Crippen LogP contribution in [0.25, 0.3) is 0 Å². The van der Waals surface area contributed by atoms with Crippen molar-refractivity contribution < 1.29 is 9.47 Å². The number of benzene rings is 1. The maximum absolute atomic E-state index is 5.81. The third-order valence-corrected chi connectivity index (χ3v) is 3.76. The largest absolute Gasteiger partial charge is 0.490 e. The van der Waals surface area contributed by atoms with Crippen molar-refractivity contribution in [3.63, 3.8) is 0 Å². The molecular weight excluding hydrogens is 250 g/mol.